The van der Waals surface area contributed by atoms with Crippen LogP contribution >= 0.6 is 0 Å². The summed E-state index contributed by atoms with van der Waals surface area (Å²) in [6.45, 7) is 5.55. The Kier molecular flexibility index (Phi) is 8.24. The van der Waals surface area contributed by atoms with Crippen molar-refractivity contribution in [2.75, 3.05) is 42.9 Å². The number of ketones is 1. The molecule has 1 aromatic heterocycles. The van der Waals surface area contributed by atoms with Crippen LogP contribution in [0.1, 0.15) is 48.8 Å². The van der Waals surface area contributed by atoms with Crippen molar-refractivity contribution in [1.29, 1.82) is 0 Å². The van der Waals surface area contributed by atoms with Crippen LogP contribution in [0.4, 0.5) is 15.8 Å². The first-order valence-electron chi connectivity index (χ1n) is 16.2. The highest BCUT2D eigenvalue weighted by molar-refractivity contribution is 6.02. The number of piperazine rings is 1. The van der Waals surface area contributed by atoms with Gasteiger partial charge in [-0.15, -0.1) is 0 Å². The quantitative estimate of drug-likeness (QED) is 0.245. The van der Waals surface area contributed by atoms with Gasteiger partial charge in [0.15, 0.2) is 23.1 Å². The lowest BCUT2D eigenvalue weighted by Gasteiger charge is -2.40. The molecule has 1 aliphatic carbocycles. The molecule has 3 aliphatic rings. The van der Waals surface area contributed by atoms with Crippen molar-refractivity contribution in [3.63, 3.8) is 0 Å². The average molecular weight is 649 g/mol. The zero-order valence-electron chi connectivity index (χ0n) is 26.9. The van der Waals surface area contributed by atoms with Gasteiger partial charge in [0, 0.05) is 43.9 Å². The van der Waals surface area contributed by atoms with E-state index in [0.717, 1.165) is 17.1 Å². The summed E-state index contributed by atoms with van der Waals surface area (Å²) < 4.78 is 26.5. The van der Waals surface area contributed by atoms with Gasteiger partial charge in [-0.05, 0) is 65.9 Å². The summed E-state index contributed by atoms with van der Waals surface area (Å²) in [4.78, 5) is 46.5. The Morgan fingerprint density at radius 2 is 1.65 bits per heavy atom. The van der Waals surface area contributed by atoms with Crippen LogP contribution in [0.3, 0.4) is 0 Å². The van der Waals surface area contributed by atoms with Crippen LogP contribution in [0.5, 0.6) is 11.5 Å². The number of amides is 2. The van der Waals surface area contributed by atoms with Crippen LogP contribution < -0.4 is 15.0 Å². The molecule has 3 aromatic carbocycles. The molecule has 9 nitrogen and oxygen atoms in total. The van der Waals surface area contributed by atoms with E-state index >= 15 is 4.39 Å². The van der Waals surface area contributed by atoms with Crippen molar-refractivity contribution in [2.24, 2.45) is 5.41 Å². The number of halogens is 1. The van der Waals surface area contributed by atoms with Gasteiger partial charge in [0.1, 0.15) is 5.75 Å². The molecule has 1 N–H and O–H groups in total. The third kappa shape index (κ3) is 6.17. The maximum Gasteiger partial charge on any atom is 0.289 e. The molecule has 0 spiro atoms. The van der Waals surface area contributed by atoms with Gasteiger partial charge in [-0.3, -0.25) is 14.4 Å². The normalized spacial score (nSPS) is 18.9. The van der Waals surface area contributed by atoms with E-state index in [4.69, 9.17) is 9.15 Å². The van der Waals surface area contributed by atoms with Gasteiger partial charge in [-0.1, -0.05) is 50.2 Å². The number of ether oxygens (including phenoxy) is 1. The van der Waals surface area contributed by atoms with E-state index in [1.807, 2.05) is 47.4 Å². The molecule has 3 heterocycles. The Bertz CT molecular complexity index is 1880. The summed E-state index contributed by atoms with van der Waals surface area (Å²) in [5.74, 6) is -0.135. The lowest BCUT2D eigenvalue weighted by atomic mass is 9.73. The number of Topliss-reactive ketones (excluding diaryl/α,β-unsaturated/α-hetero) is 1. The third-order valence-electron chi connectivity index (χ3n) is 9.20. The highest BCUT2D eigenvalue weighted by Crippen LogP contribution is 2.48. The Morgan fingerprint density at radius 1 is 0.917 bits per heavy atom. The molecule has 2 aliphatic heterocycles. The standard InChI is InChI=1S/C38H37FN4O5/c1-38(2)22-29-35(31(44)23-38)36(25-14-15-27(39)33(21-25)48-26-9-4-3-5-10-26)43(30-12-7-6-11-28(30)40-29)24-34(45)41-16-18-42(19-17-41)37(46)32-13-8-20-47-32/h3-15,20-21,36,40H,16-19,22-24H2,1-2H3. The van der Waals surface area contributed by atoms with Crippen LogP contribution in [-0.4, -0.2) is 60.1 Å². The molecule has 0 bridgehead atoms. The Balaban J connectivity index is 1.26. The number of carbonyl (C=O) groups is 3. The lowest BCUT2D eigenvalue weighted by molar-refractivity contribution is -0.131. The van der Waals surface area contributed by atoms with Crippen LogP contribution in [0.2, 0.25) is 0 Å². The van der Waals surface area contributed by atoms with Crippen molar-refractivity contribution in [3.8, 4) is 11.5 Å². The number of carbonyl (C=O) groups excluding carboxylic acids is 3. The average Bonchev–Trinajstić information content (AvgIpc) is 3.58. The first kappa shape index (κ1) is 31.2. The molecule has 246 valence electrons. The second-order valence-corrected chi connectivity index (χ2v) is 13.3. The molecule has 10 heteroatoms. The van der Waals surface area contributed by atoms with Crippen LogP contribution in [-0.2, 0) is 9.59 Å². The van der Waals surface area contributed by atoms with Crippen molar-refractivity contribution in [3.05, 3.63) is 120 Å². The number of hydrogen-bond acceptors (Lipinski definition) is 7. The molecule has 0 radical (unpaired) electrons. The number of fused-ring (bicyclic) bond motifs is 1. The summed E-state index contributed by atoms with van der Waals surface area (Å²) in [6.07, 6.45) is 2.43. The molecule has 0 saturated carbocycles. The molecule has 1 unspecified atom stereocenters. The summed E-state index contributed by atoms with van der Waals surface area (Å²) >= 11 is 0. The number of anilines is 2. The topological polar surface area (TPSA) is 95.3 Å². The summed E-state index contributed by atoms with van der Waals surface area (Å²) in [6, 6.07) is 23.9. The first-order chi connectivity index (χ1) is 23.2. The van der Waals surface area contributed by atoms with E-state index < -0.39 is 11.9 Å². The molecule has 2 amide bonds. The van der Waals surface area contributed by atoms with Crippen molar-refractivity contribution in [2.45, 2.75) is 32.7 Å². The second kappa shape index (κ2) is 12.7. The smallest absolute Gasteiger partial charge is 0.289 e. The van der Waals surface area contributed by atoms with E-state index in [9.17, 15) is 14.4 Å². The molecular weight excluding hydrogens is 611 g/mol. The van der Waals surface area contributed by atoms with Crippen LogP contribution in [0, 0.1) is 11.2 Å². The minimum absolute atomic E-state index is 0.0242. The zero-order valence-corrected chi connectivity index (χ0v) is 26.9. The maximum atomic E-state index is 15.3. The molecule has 1 fully saturated rings. The van der Waals surface area contributed by atoms with E-state index in [1.165, 1.54) is 12.3 Å². The Hall–Kier alpha value is -5.38. The van der Waals surface area contributed by atoms with Gasteiger partial charge in [0.25, 0.3) is 5.91 Å². The van der Waals surface area contributed by atoms with Crippen molar-refractivity contribution >= 4 is 29.0 Å². The number of nitrogens with zero attached hydrogens (tertiary/aromatic N) is 3. The second-order valence-electron chi connectivity index (χ2n) is 13.3. The van der Waals surface area contributed by atoms with Gasteiger partial charge in [-0.2, -0.15) is 0 Å². The highest BCUT2D eigenvalue weighted by Gasteiger charge is 2.42. The van der Waals surface area contributed by atoms with E-state index in [0.29, 0.717) is 55.9 Å². The fraction of sp³-hybridized carbons (Fsp3) is 0.289. The van der Waals surface area contributed by atoms with Gasteiger partial charge in [-0.25, -0.2) is 4.39 Å². The minimum Gasteiger partial charge on any atom is -0.459 e. The number of rotatable bonds is 6. The fourth-order valence-corrected chi connectivity index (χ4v) is 6.92. The lowest BCUT2D eigenvalue weighted by Crippen LogP contribution is -2.53. The van der Waals surface area contributed by atoms with Crippen molar-refractivity contribution in [1.82, 2.24) is 9.80 Å². The molecule has 7 rings (SSSR count). The predicted molar refractivity (Wildman–Crippen MR) is 179 cm³/mol. The number of para-hydroxylation sites is 3. The molecular formula is C38H37FN4O5. The predicted octanol–water partition coefficient (Wildman–Crippen LogP) is 6.81. The fourth-order valence-electron chi connectivity index (χ4n) is 6.92. The van der Waals surface area contributed by atoms with Gasteiger partial charge in [0.05, 0.1) is 30.2 Å². The Morgan fingerprint density at radius 3 is 2.40 bits per heavy atom. The SMILES string of the molecule is CC1(C)CC(=O)C2=C(C1)Nc1ccccc1N(CC(=O)N1CCN(C(=O)c3ccco3)CC1)C2c1ccc(F)c(Oc2ccccc2)c1. The van der Waals surface area contributed by atoms with E-state index in [2.05, 4.69) is 19.2 Å². The highest BCUT2D eigenvalue weighted by atomic mass is 19.1. The Labute approximate surface area is 278 Å². The number of hydrogen-bond donors (Lipinski definition) is 1. The van der Waals surface area contributed by atoms with E-state index in [1.54, 1.807) is 46.2 Å². The largest absolute Gasteiger partial charge is 0.459 e. The summed E-state index contributed by atoms with van der Waals surface area (Å²) in [7, 11) is 0. The first-order valence-corrected chi connectivity index (χ1v) is 16.2. The summed E-state index contributed by atoms with van der Waals surface area (Å²) in [5.41, 5.74) is 3.24. The monoisotopic (exact) mass is 648 g/mol. The third-order valence-corrected chi connectivity index (χ3v) is 9.20. The van der Waals surface area contributed by atoms with Crippen LogP contribution in [0.15, 0.2) is 107 Å². The molecule has 48 heavy (non-hydrogen) atoms. The zero-order chi connectivity index (χ0) is 33.4. The van der Waals surface area contributed by atoms with Gasteiger partial charge >= 0.3 is 0 Å². The molecule has 1 atom stereocenters. The van der Waals surface area contributed by atoms with Crippen LogP contribution in [0.25, 0.3) is 0 Å². The molecule has 4 aromatic rings. The minimum atomic E-state index is -0.704. The summed E-state index contributed by atoms with van der Waals surface area (Å²) in [5, 5.41) is 3.56. The number of benzene rings is 3. The van der Waals surface area contributed by atoms with E-state index in [-0.39, 0.29) is 41.1 Å². The number of allylic oxidation sites excluding steroid dienone is 1. The molecule has 1 saturated heterocycles. The number of nitrogens with one attached hydrogen (secondary N) is 1. The van der Waals surface area contributed by atoms with Gasteiger partial charge < -0.3 is 29.2 Å². The van der Waals surface area contributed by atoms with Crippen molar-refractivity contribution < 1.29 is 27.9 Å². The number of furan rings is 1. The van der Waals surface area contributed by atoms with Gasteiger partial charge in [0.2, 0.25) is 5.91 Å². The maximum absolute atomic E-state index is 15.3.